The molecule has 1 aromatic rings. The van der Waals surface area contributed by atoms with Crippen LogP contribution in [0.4, 0.5) is 0 Å². The number of ether oxygens (including phenoxy) is 2. The zero-order valence-electron chi connectivity index (χ0n) is 13.1. The molecule has 23 heavy (non-hydrogen) atoms. The fourth-order valence-corrected chi connectivity index (χ4v) is 2.98. The first-order valence-corrected chi connectivity index (χ1v) is 7.96. The van der Waals surface area contributed by atoms with Gasteiger partial charge in [-0.1, -0.05) is 0 Å². The Balaban J connectivity index is 1.48. The van der Waals surface area contributed by atoms with Gasteiger partial charge < -0.3 is 24.7 Å². The highest BCUT2D eigenvalue weighted by atomic mass is 16.5. The van der Waals surface area contributed by atoms with Gasteiger partial charge in [0, 0.05) is 19.7 Å². The van der Waals surface area contributed by atoms with Gasteiger partial charge in [0.15, 0.2) is 0 Å². The third kappa shape index (κ3) is 3.70. The molecule has 8 heteroatoms. The molecule has 2 amide bonds. The second kappa shape index (κ2) is 7.10. The van der Waals surface area contributed by atoms with E-state index in [1.165, 1.54) is 6.20 Å². The van der Waals surface area contributed by atoms with Crippen molar-refractivity contribution in [3.8, 4) is 0 Å². The number of primary amides is 1. The molecule has 0 radical (unpaired) electrons. The molecule has 0 bridgehead atoms. The van der Waals surface area contributed by atoms with Gasteiger partial charge in [-0.2, -0.15) is 0 Å². The van der Waals surface area contributed by atoms with Crippen LogP contribution in [-0.2, 0) is 27.4 Å². The molecule has 2 N–H and O–H groups in total. The van der Waals surface area contributed by atoms with E-state index in [0.29, 0.717) is 37.8 Å². The summed E-state index contributed by atoms with van der Waals surface area (Å²) < 4.78 is 12.8. The Bertz CT molecular complexity index is 580. The Morgan fingerprint density at radius 1 is 1.39 bits per heavy atom. The first-order chi connectivity index (χ1) is 11.1. The smallest absolute Gasteiger partial charge is 0.266 e. The molecule has 1 fully saturated rings. The number of fused-ring (bicyclic) bond motifs is 1. The van der Waals surface area contributed by atoms with Crippen LogP contribution < -0.4 is 5.73 Å². The van der Waals surface area contributed by atoms with Gasteiger partial charge in [-0.15, -0.1) is 0 Å². The number of rotatable bonds is 5. The second-order valence-corrected chi connectivity index (χ2v) is 5.89. The molecule has 1 aromatic heterocycles. The number of aromatic nitrogens is 2. The molecule has 0 spiro atoms. The second-order valence-electron chi connectivity index (χ2n) is 5.89. The number of carbonyl (C=O) groups excluding carboxylic acids is 2. The van der Waals surface area contributed by atoms with Gasteiger partial charge in [-0.05, 0) is 19.3 Å². The molecule has 0 aliphatic carbocycles. The lowest BCUT2D eigenvalue weighted by Crippen LogP contribution is -2.41. The fraction of sp³-hybridized carbons (Fsp3) is 0.667. The largest absolute Gasteiger partial charge is 0.376 e. The number of hydrogen-bond acceptors (Lipinski definition) is 5. The van der Waals surface area contributed by atoms with Gasteiger partial charge in [0.05, 0.1) is 25.5 Å². The standard InChI is InChI=1S/C15H22N4O4/c16-15(21)12-7-17-13-8-18(4-5-19(12)13)14(20)10-22-9-11-3-1-2-6-23-11/h7,11H,1-6,8-10H2,(H2,16,21)/t11-/m1/s1. The Labute approximate surface area is 134 Å². The predicted molar refractivity (Wildman–Crippen MR) is 80.6 cm³/mol. The third-order valence-corrected chi connectivity index (χ3v) is 4.27. The normalized spacial score (nSPS) is 21.0. The lowest BCUT2D eigenvalue weighted by molar-refractivity contribution is -0.139. The number of nitrogens with zero attached hydrogens (tertiary/aromatic N) is 3. The summed E-state index contributed by atoms with van der Waals surface area (Å²) in [5.41, 5.74) is 5.69. The average molecular weight is 322 g/mol. The van der Waals surface area contributed by atoms with Crippen LogP contribution in [0.2, 0.25) is 0 Å². The number of nitrogens with two attached hydrogens (primary N) is 1. The Morgan fingerprint density at radius 3 is 3.00 bits per heavy atom. The topological polar surface area (TPSA) is 99.7 Å². The predicted octanol–water partition coefficient (Wildman–Crippen LogP) is -0.0901. The Hall–Kier alpha value is -1.93. The molecule has 2 aliphatic rings. The molecule has 0 unspecified atom stereocenters. The number of amides is 2. The summed E-state index contributed by atoms with van der Waals surface area (Å²) in [5, 5.41) is 0. The first-order valence-electron chi connectivity index (χ1n) is 7.96. The van der Waals surface area contributed by atoms with E-state index in [0.717, 1.165) is 25.9 Å². The average Bonchev–Trinajstić information content (AvgIpc) is 2.99. The van der Waals surface area contributed by atoms with Gasteiger partial charge in [0.25, 0.3) is 5.91 Å². The zero-order chi connectivity index (χ0) is 16.2. The molecule has 8 nitrogen and oxygen atoms in total. The summed E-state index contributed by atoms with van der Waals surface area (Å²) in [6, 6.07) is 0. The lowest BCUT2D eigenvalue weighted by Gasteiger charge is -2.28. The van der Waals surface area contributed by atoms with Gasteiger partial charge in [-0.25, -0.2) is 4.98 Å². The van der Waals surface area contributed by atoms with E-state index in [1.807, 2.05) is 0 Å². The highest BCUT2D eigenvalue weighted by Crippen LogP contribution is 2.15. The molecular formula is C15H22N4O4. The number of carbonyl (C=O) groups is 2. The van der Waals surface area contributed by atoms with E-state index in [-0.39, 0.29) is 18.6 Å². The minimum Gasteiger partial charge on any atom is -0.376 e. The van der Waals surface area contributed by atoms with Crippen LogP contribution in [0.1, 0.15) is 35.6 Å². The van der Waals surface area contributed by atoms with Gasteiger partial charge in [-0.3, -0.25) is 9.59 Å². The molecule has 2 aliphatic heterocycles. The molecular weight excluding hydrogens is 300 g/mol. The summed E-state index contributed by atoms with van der Waals surface area (Å²) >= 11 is 0. The van der Waals surface area contributed by atoms with E-state index in [4.69, 9.17) is 15.2 Å². The van der Waals surface area contributed by atoms with Gasteiger partial charge >= 0.3 is 0 Å². The van der Waals surface area contributed by atoms with Gasteiger partial charge in [0.2, 0.25) is 5.91 Å². The molecule has 0 saturated carbocycles. The van der Waals surface area contributed by atoms with E-state index < -0.39 is 5.91 Å². The summed E-state index contributed by atoms with van der Waals surface area (Å²) in [5.74, 6) is 0.101. The first kappa shape index (κ1) is 15.9. The molecule has 1 atom stereocenters. The van der Waals surface area contributed by atoms with Gasteiger partial charge in [0.1, 0.15) is 18.1 Å². The van der Waals surface area contributed by atoms with Crippen molar-refractivity contribution in [1.82, 2.24) is 14.5 Å². The summed E-state index contributed by atoms with van der Waals surface area (Å²) in [6.07, 6.45) is 4.81. The van der Waals surface area contributed by atoms with Crippen molar-refractivity contribution < 1.29 is 19.1 Å². The van der Waals surface area contributed by atoms with Crippen LogP contribution in [0.5, 0.6) is 0 Å². The van der Waals surface area contributed by atoms with Crippen molar-refractivity contribution in [1.29, 1.82) is 0 Å². The maximum atomic E-state index is 12.2. The van der Waals surface area contributed by atoms with E-state index in [2.05, 4.69) is 4.98 Å². The molecule has 3 heterocycles. The van der Waals surface area contributed by atoms with Crippen LogP contribution in [-0.4, -0.2) is 58.7 Å². The van der Waals surface area contributed by atoms with Crippen molar-refractivity contribution >= 4 is 11.8 Å². The third-order valence-electron chi connectivity index (χ3n) is 4.27. The minimum atomic E-state index is -0.501. The summed E-state index contributed by atoms with van der Waals surface area (Å²) in [7, 11) is 0. The SMILES string of the molecule is NC(=O)c1cnc2n1CCN(C(=O)COC[C@H]1CCCCO1)C2. The summed E-state index contributed by atoms with van der Waals surface area (Å²) in [6.45, 7) is 2.69. The maximum absolute atomic E-state index is 12.2. The van der Waals surface area contributed by atoms with Crippen molar-refractivity contribution in [2.45, 2.75) is 38.5 Å². The minimum absolute atomic E-state index is 0.0449. The van der Waals surface area contributed by atoms with Crippen molar-refractivity contribution in [2.24, 2.45) is 5.73 Å². The van der Waals surface area contributed by atoms with E-state index in [1.54, 1.807) is 9.47 Å². The van der Waals surface area contributed by atoms with Crippen LogP contribution in [0.25, 0.3) is 0 Å². The number of imidazole rings is 1. The zero-order valence-corrected chi connectivity index (χ0v) is 13.1. The Morgan fingerprint density at radius 2 is 2.26 bits per heavy atom. The highest BCUT2D eigenvalue weighted by Gasteiger charge is 2.25. The van der Waals surface area contributed by atoms with E-state index >= 15 is 0 Å². The quantitative estimate of drug-likeness (QED) is 0.816. The molecule has 3 rings (SSSR count). The van der Waals surface area contributed by atoms with Crippen LogP contribution in [0.15, 0.2) is 6.20 Å². The number of hydrogen-bond donors (Lipinski definition) is 1. The monoisotopic (exact) mass is 322 g/mol. The van der Waals surface area contributed by atoms with Crippen molar-refractivity contribution in [2.75, 3.05) is 26.4 Å². The molecule has 126 valence electrons. The Kier molecular flexibility index (Phi) is 4.92. The van der Waals surface area contributed by atoms with Crippen molar-refractivity contribution in [3.63, 3.8) is 0 Å². The van der Waals surface area contributed by atoms with E-state index in [9.17, 15) is 9.59 Å². The molecule has 1 saturated heterocycles. The summed E-state index contributed by atoms with van der Waals surface area (Å²) in [4.78, 5) is 29.4. The highest BCUT2D eigenvalue weighted by molar-refractivity contribution is 5.91. The van der Waals surface area contributed by atoms with Crippen LogP contribution in [0, 0.1) is 0 Å². The maximum Gasteiger partial charge on any atom is 0.266 e. The lowest BCUT2D eigenvalue weighted by atomic mass is 10.1. The van der Waals surface area contributed by atoms with Crippen molar-refractivity contribution in [3.05, 3.63) is 17.7 Å². The van der Waals surface area contributed by atoms with Crippen LogP contribution >= 0.6 is 0 Å². The fourth-order valence-electron chi connectivity index (χ4n) is 2.98. The van der Waals surface area contributed by atoms with Crippen LogP contribution in [0.3, 0.4) is 0 Å². The molecule has 0 aromatic carbocycles.